The molecule has 1 atom stereocenters. The highest BCUT2D eigenvalue weighted by molar-refractivity contribution is 5.96. The first-order chi connectivity index (χ1) is 12.5. The highest BCUT2D eigenvalue weighted by Crippen LogP contribution is 2.51. The van der Waals surface area contributed by atoms with Gasteiger partial charge in [-0.1, -0.05) is 38.3 Å². The zero-order valence-corrected chi connectivity index (χ0v) is 16.5. The number of carbonyl (C=O) groups is 1. The molecule has 0 radical (unpaired) electrons. The fourth-order valence-electron chi connectivity index (χ4n) is 5.57. The maximum absolute atomic E-state index is 13.8. The second-order valence-corrected chi connectivity index (χ2v) is 8.57. The van der Waals surface area contributed by atoms with Crippen LogP contribution in [0.25, 0.3) is 0 Å². The molecule has 2 heterocycles. The maximum atomic E-state index is 13.8. The molecule has 0 bridgehead atoms. The minimum atomic E-state index is -0.00138. The fraction of sp³-hybridized carbons (Fsp3) is 0.682. The van der Waals surface area contributed by atoms with Gasteiger partial charge in [-0.15, -0.1) is 0 Å². The van der Waals surface area contributed by atoms with E-state index in [4.69, 9.17) is 4.74 Å². The lowest BCUT2D eigenvalue weighted by molar-refractivity contribution is 0.0522. The van der Waals surface area contributed by atoms with E-state index in [1.807, 2.05) is 4.90 Å². The van der Waals surface area contributed by atoms with Crippen LogP contribution in [0.3, 0.4) is 0 Å². The molecule has 4 heteroatoms. The lowest BCUT2D eigenvalue weighted by atomic mass is 9.69. The number of ether oxygens (including phenoxy) is 1. The van der Waals surface area contributed by atoms with Gasteiger partial charge in [-0.05, 0) is 55.7 Å². The average molecular weight is 357 g/mol. The first-order valence-electron chi connectivity index (χ1n) is 10.3. The predicted octanol–water partition coefficient (Wildman–Crippen LogP) is 4.77. The van der Waals surface area contributed by atoms with Gasteiger partial charge in [0, 0.05) is 13.1 Å². The Labute approximate surface area is 157 Å². The van der Waals surface area contributed by atoms with Gasteiger partial charge in [-0.3, -0.25) is 4.90 Å². The number of amides is 2. The second-order valence-electron chi connectivity index (χ2n) is 8.57. The summed E-state index contributed by atoms with van der Waals surface area (Å²) in [7, 11) is 0. The molecule has 4 rings (SSSR count). The summed E-state index contributed by atoms with van der Waals surface area (Å²) in [5.41, 5.74) is 5.16. The molecule has 0 unspecified atom stereocenters. The Hall–Kier alpha value is -1.55. The Morgan fingerprint density at radius 2 is 1.73 bits per heavy atom. The Bertz CT molecular complexity index is 688. The van der Waals surface area contributed by atoms with Crippen molar-refractivity contribution in [1.29, 1.82) is 0 Å². The standard InChI is InChI=1S/C22H32N2O2/c1-16-7-8-17(2)20-19(16)18(3)15-22(9-5-4-6-10-22)24(20)21(25)23-11-13-26-14-12-23/h7-8,18H,4-6,9-15H2,1-3H3/t18-/m0/s1. The largest absolute Gasteiger partial charge is 0.378 e. The van der Waals surface area contributed by atoms with Crippen molar-refractivity contribution >= 4 is 11.7 Å². The molecule has 0 N–H and O–H groups in total. The van der Waals surface area contributed by atoms with Crippen LogP contribution < -0.4 is 4.90 Å². The first-order valence-corrected chi connectivity index (χ1v) is 10.3. The third-order valence-corrected chi connectivity index (χ3v) is 6.77. The number of morpholine rings is 1. The van der Waals surface area contributed by atoms with Crippen LogP contribution in [0.15, 0.2) is 12.1 Å². The van der Waals surface area contributed by atoms with Gasteiger partial charge >= 0.3 is 6.03 Å². The quantitative estimate of drug-likeness (QED) is 0.671. The zero-order chi connectivity index (χ0) is 18.3. The minimum absolute atomic E-state index is 0.00138. The van der Waals surface area contributed by atoms with Gasteiger partial charge in [0.2, 0.25) is 0 Å². The molecule has 2 aliphatic heterocycles. The van der Waals surface area contributed by atoms with Crippen LogP contribution in [0.4, 0.5) is 10.5 Å². The highest BCUT2D eigenvalue weighted by atomic mass is 16.5. The van der Waals surface area contributed by atoms with E-state index in [2.05, 4.69) is 37.8 Å². The lowest BCUT2D eigenvalue weighted by Gasteiger charge is -2.54. The normalized spacial score (nSPS) is 25.3. The maximum Gasteiger partial charge on any atom is 0.325 e. The van der Waals surface area contributed by atoms with E-state index in [1.54, 1.807) is 0 Å². The van der Waals surface area contributed by atoms with Gasteiger partial charge in [0.1, 0.15) is 0 Å². The van der Waals surface area contributed by atoms with Crippen molar-refractivity contribution in [3.05, 3.63) is 28.8 Å². The molecule has 142 valence electrons. The molecule has 3 aliphatic rings. The lowest BCUT2D eigenvalue weighted by Crippen LogP contribution is -2.61. The third-order valence-electron chi connectivity index (χ3n) is 6.77. The number of urea groups is 1. The first kappa shape index (κ1) is 17.8. The van der Waals surface area contributed by atoms with Gasteiger partial charge < -0.3 is 9.64 Å². The Balaban J connectivity index is 1.84. The number of carbonyl (C=O) groups excluding carboxylic acids is 1. The number of hydrogen-bond acceptors (Lipinski definition) is 2. The van der Waals surface area contributed by atoms with Crippen LogP contribution in [0.2, 0.25) is 0 Å². The van der Waals surface area contributed by atoms with Crippen molar-refractivity contribution in [3.63, 3.8) is 0 Å². The SMILES string of the molecule is Cc1ccc(C)c2c1[C@@H](C)CC1(CCCCC1)N2C(=O)N1CCOCC1. The molecular weight excluding hydrogens is 324 g/mol. The van der Waals surface area contributed by atoms with Crippen LogP contribution in [-0.4, -0.2) is 42.8 Å². The molecule has 2 amide bonds. The van der Waals surface area contributed by atoms with Crippen LogP contribution in [0, 0.1) is 13.8 Å². The van der Waals surface area contributed by atoms with Crippen LogP contribution in [0.1, 0.15) is 68.1 Å². The summed E-state index contributed by atoms with van der Waals surface area (Å²) < 4.78 is 5.49. The van der Waals surface area contributed by atoms with E-state index in [0.717, 1.165) is 19.3 Å². The summed E-state index contributed by atoms with van der Waals surface area (Å²) in [6.07, 6.45) is 7.15. The van der Waals surface area contributed by atoms with Crippen molar-refractivity contribution in [2.45, 2.75) is 70.8 Å². The van der Waals surface area contributed by atoms with Crippen LogP contribution in [0.5, 0.6) is 0 Å². The molecule has 1 aromatic carbocycles. The third kappa shape index (κ3) is 2.83. The van der Waals surface area contributed by atoms with Crippen molar-refractivity contribution in [2.24, 2.45) is 0 Å². The summed E-state index contributed by atoms with van der Waals surface area (Å²) in [5, 5.41) is 0. The van der Waals surface area contributed by atoms with Crippen LogP contribution >= 0.6 is 0 Å². The Morgan fingerprint density at radius 3 is 2.42 bits per heavy atom. The summed E-state index contributed by atoms with van der Waals surface area (Å²) >= 11 is 0. The van der Waals surface area contributed by atoms with E-state index in [1.165, 1.54) is 41.6 Å². The number of nitrogens with zero attached hydrogens (tertiary/aromatic N) is 2. The molecule has 1 saturated carbocycles. The Kier molecular flexibility index (Phi) is 4.72. The van der Waals surface area contributed by atoms with Gasteiger partial charge in [-0.2, -0.15) is 0 Å². The van der Waals surface area contributed by atoms with E-state index in [-0.39, 0.29) is 11.6 Å². The summed E-state index contributed by atoms with van der Waals surface area (Å²) in [6, 6.07) is 4.63. The summed E-state index contributed by atoms with van der Waals surface area (Å²) in [6.45, 7) is 9.46. The van der Waals surface area contributed by atoms with E-state index in [0.29, 0.717) is 32.2 Å². The van der Waals surface area contributed by atoms with Gasteiger partial charge in [0.25, 0.3) is 0 Å². The van der Waals surface area contributed by atoms with Crippen LogP contribution in [-0.2, 0) is 4.74 Å². The fourth-order valence-corrected chi connectivity index (χ4v) is 5.57. The Morgan fingerprint density at radius 1 is 1.08 bits per heavy atom. The zero-order valence-electron chi connectivity index (χ0n) is 16.5. The van der Waals surface area contributed by atoms with E-state index >= 15 is 0 Å². The topological polar surface area (TPSA) is 32.8 Å². The number of fused-ring (bicyclic) bond motifs is 1. The number of benzene rings is 1. The number of aryl methyl sites for hydroxylation is 2. The predicted molar refractivity (Wildman–Crippen MR) is 105 cm³/mol. The molecular formula is C22H32N2O2. The van der Waals surface area contributed by atoms with Crippen molar-refractivity contribution in [2.75, 3.05) is 31.2 Å². The van der Waals surface area contributed by atoms with Gasteiger partial charge in [0.15, 0.2) is 0 Å². The number of anilines is 1. The molecule has 4 nitrogen and oxygen atoms in total. The monoisotopic (exact) mass is 356 g/mol. The molecule has 26 heavy (non-hydrogen) atoms. The molecule has 2 fully saturated rings. The molecule has 1 saturated heterocycles. The number of rotatable bonds is 0. The van der Waals surface area contributed by atoms with Gasteiger partial charge in [0.05, 0.1) is 24.4 Å². The van der Waals surface area contributed by atoms with E-state index in [9.17, 15) is 4.79 Å². The van der Waals surface area contributed by atoms with Crippen molar-refractivity contribution in [1.82, 2.24) is 4.90 Å². The van der Waals surface area contributed by atoms with Gasteiger partial charge in [-0.25, -0.2) is 4.79 Å². The van der Waals surface area contributed by atoms with E-state index < -0.39 is 0 Å². The number of hydrogen-bond donors (Lipinski definition) is 0. The smallest absolute Gasteiger partial charge is 0.325 e. The highest BCUT2D eigenvalue weighted by Gasteiger charge is 2.48. The summed E-state index contributed by atoms with van der Waals surface area (Å²) in [5.74, 6) is 0.511. The van der Waals surface area contributed by atoms with Crippen molar-refractivity contribution in [3.8, 4) is 0 Å². The minimum Gasteiger partial charge on any atom is -0.378 e. The molecule has 1 spiro atoms. The molecule has 1 aliphatic carbocycles. The summed E-state index contributed by atoms with van der Waals surface area (Å²) in [4.78, 5) is 18.0. The molecule has 1 aromatic rings. The molecule has 0 aromatic heterocycles. The van der Waals surface area contributed by atoms with Crippen molar-refractivity contribution < 1.29 is 9.53 Å². The average Bonchev–Trinajstić information content (AvgIpc) is 2.65. The second kappa shape index (κ2) is 6.88.